The molecular formula is C9H7F2NOS. The van der Waals surface area contributed by atoms with Crippen molar-refractivity contribution < 1.29 is 13.5 Å². The van der Waals surface area contributed by atoms with Crippen LogP contribution in [0.15, 0.2) is 12.1 Å². The van der Waals surface area contributed by atoms with E-state index in [1.54, 1.807) is 6.92 Å². The Hall–Kier alpha value is -1.23. The van der Waals surface area contributed by atoms with Crippen molar-refractivity contribution >= 4 is 22.9 Å². The van der Waals surface area contributed by atoms with Gasteiger partial charge in [0.2, 0.25) is 5.82 Å². The fourth-order valence-electron chi connectivity index (χ4n) is 1.21. The molecular weight excluding hydrogens is 208 g/mol. The number of ether oxygens (including phenoxy) is 1. The van der Waals surface area contributed by atoms with Crippen molar-refractivity contribution in [3.05, 3.63) is 23.8 Å². The Balaban J connectivity index is 2.52. The minimum atomic E-state index is -0.982. The molecule has 0 aromatic heterocycles. The van der Waals surface area contributed by atoms with Crippen molar-refractivity contribution in [1.29, 1.82) is 0 Å². The molecule has 1 unspecified atom stereocenters. The van der Waals surface area contributed by atoms with Crippen LogP contribution < -0.4 is 10.1 Å². The Kier molecular flexibility index (Phi) is 2.11. The highest BCUT2D eigenvalue weighted by molar-refractivity contribution is 7.80. The van der Waals surface area contributed by atoms with Gasteiger partial charge in [-0.25, -0.2) is 4.39 Å². The van der Waals surface area contributed by atoms with E-state index in [9.17, 15) is 8.78 Å². The largest absolute Gasteiger partial charge is 0.478 e. The topological polar surface area (TPSA) is 21.3 Å². The molecule has 2 rings (SSSR count). The van der Waals surface area contributed by atoms with Crippen molar-refractivity contribution in [2.75, 3.05) is 5.32 Å². The SMILES string of the molecule is CC1Oc2c(ccc(F)c2F)NC1=S. The number of fused-ring (bicyclic) bond motifs is 1. The van der Waals surface area contributed by atoms with Gasteiger partial charge in [0.1, 0.15) is 11.1 Å². The number of benzene rings is 1. The zero-order chi connectivity index (χ0) is 10.3. The van der Waals surface area contributed by atoms with E-state index >= 15 is 0 Å². The summed E-state index contributed by atoms with van der Waals surface area (Å²) >= 11 is 4.93. The van der Waals surface area contributed by atoms with Crippen LogP contribution in [-0.2, 0) is 0 Å². The summed E-state index contributed by atoms with van der Waals surface area (Å²) in [5, 5.41) is 2.78. The van der Waals surface area contributed by atoms with E-state index in [-0.39, 0.29) is 5.75 Å². The van der Waals surface area contributed by atoms with Gasteiger partial charge in [0.25, 0.3) is 0 Å². The number of hydrogen-bond acceptors (Lipinski definition) is 2. The summed E-state index contributed by atoms with van der Waals surface area (Å²) in [6.07, 6.45) is -0.436. The van der Waals surface area contributed by atoms with Gasteiger partial charge in [-0.05, 0) is 19.1 Å². The molecule has 0 amide bonds. The molecule has 1 aliphatic rings. The predicted molar refractivity (Wildman–Crippen MR) is 52.7 cm³/mol. The van der Waals surface area contributed by atoms with Gasteiger partial charge in [-0.1, -0.05) is 12.2 Å². The lowest BCUT2D eigenvalue weighted by atomic mass is 10.2. The van der Waals surface area contributed by atoms with Crippen LogP contribution in [-0.4, -0.2) is 11.1 Å². The number of rotatable bonds is 0. The number of nitrogens with one attached hydrogen (secondary N) is 1. The predicted octanol–water partition coefficient (Wildman–Crippen LogP) is 2.48. The van der Waals surface area contributed by atoms with Gasteiger partial charge >= 0.3 is 0 Å². The van der Waals surface area contributed by atoms with Gasteiger partial charge in [0.15, 0.2) is 11.6 Å². The second-order valence-corrected chi connectivity index (χ2v) is 3.43. The van der Waals surface area contributed by atoms with E-state index in [0.29, 0.717) is 10.7 Å². The molecule has 0 aliphatic carbocycles. The molecule has 0 fully saturated rings. The quantitative estimate of drug-likeness (QED) is 0.672. The normalized spacial score (nSPS) is 19.6. The molecule has 5 heteroatoms. The molecule has 1 heterocycles. The first-order valence-electron chi connectivity index (χ1n) is 4.05. The molecule has 0 saturated carbocycles. The Morgan fingerprint density at radius 3 is 2.86 bits per heavy atom. The van der Waals surface area contributed by atoms with Crippen LogP contribution in [0.25, 0.3) is 0 Å². The van der Waals surface area contributed by atoms with E-state index < -0.39 is 17.7 Å². The number of halogens is 2. The minimum absolute atomic E-state index is 0.105. The van der Waals surface area contributed by atoms with E-state index in [1.807, 2.05) is 0 Å². The van der Waals surface area contributed by atoms with Crippen LogP contribution in [0.2, 0.25) is 0 Å². The average molecular weight is 215 g/mol. The molecule has 0 radical (unpaired) electrons. The molecule has 2 nitrogen and oxygen atoms in total. The number of anilines is 1. The van der Waals surface area contributed by atoms with Gasteiger partial charge in [-0.15, -0.1) is 0 Å². The highest BCUT2D eigenvalue weighted by Crippen LogP contribution is 2.33. The lowest BCUT2D eigenvalue weighted by Crippen LogP contribution is -2.33. The van der Waals surface area contributed by atoms with E-state index in [0.717, 1.165) is 6.07 Å². The molecule has 1 aromatic rings. The monoisotopic (exact) mass is 215 g/mol. The van der Waals surface area contributed by atoms with Crippen LogP contribution in [0.5, 0.6) is 5.75 Å². The summed E-state index contributed by atoms with van der Waals surface area (Å²) in [7, 11) is 0. The fraction of sp³-hybridized carbons (Fsp3) is 0.222. The lowest BCUT2D eigenvalue weighted by molar-refractivity contribution is 0.267. The maximum absolute atomic E-state index is 13.2. The Bertz CT molecular complexity index is 408. The summed E-state index contributed by atoms with van der Waals surface area (Å²) in [6.45, 7) is 1.67. The van der Waals surface area contributed by atoms with E-state index in [1.165, 1.54) is 6.07 Å². The Labute approximate surface area is 84.9 Å². The van der Waals surface area contributed by atoms with Gasteiger partial charge < -0.3 is 10.1 Å². The number of hydrogen-bond donors (Lipinski definition) is 1. The van der Waals surface area contributed by atoms with Crippen LogP contribution in [0, 0.1) is 11.6 Å². The molecule has 1 atom stereocenters. The summed E-state index contributed by atoms with van der Waals surface area (Å²) in [6, 6.07) is 2.43. The van der Waals surface area contributed by atoms with Gasteiger partial charge in [0, 0.05) is 0 Å². The standard InChI is InChI=1S/C9H7F2NOS/c1-4-9(14)12-6-3-2-5(10)7(11)8(6)13-4/h2-4H,1H3,(H,12,14). The van der Waals surface area contributed by atoms with Crippen LogP contribution in [0.4, 0.5) is 14.5 Å². The third-order valence-electron chi connectivity index (χ3n) is 1.97. The first-order chi connectivity index (χ1) is 6.59. The molecule has 74 valence electrons. The molecule has 1 aliphatic heterocycles. The van der Waals surface area contributed by atoms with E-state index in [4.69, 9.17) is 17.0 Å². The maximum atomic E-state index is 13.2. The fourth-order valence-corrected chi connectivity index (χ4v) is 1.37. The van der Waals surface area contributed by atoms with Crippen molar-refractivity contribution in [3.8, 4) is 5.75 Å². The first kappa shape index (κ1) is 9.33. The minimum Gasteiger partial charge on any atom is -0.478 e. The second kappa shape index (κ2) is 3.16. The molecule has 14 heavy (non-hydrogen) atoms. The average Bonchev–Trinajstić information content (AvgIpc) is 2.15. The van der Waals surface area contributed by atoms with Crippen molar-refractivity contribution in [2.24, 2.45) is 0 Å². The Morgan fingerprint density at radius 2 is 2.14 bits per heavy atom. The number of thiocarbonyl (C=S) groups is 1. The highest BCUT2D eigenvalue weighted by atomic mass is 32.1. The Morgan fingerprint density at radius 1 is 1.43 bits per heavy atom. The molecule has 0 spiro atoms. The smallest absolute Gasteiger partial charge is 0.202 e. The van der Waals surface area contributed by atoms with Crippen LogP contribution in [0.3, 0.4) is 0 Å². The van der Waals surface area contributed by atoms with Gasteiger partial charge in [-0.2, -0.15) is 4.39 Å². The summed E-state index contributed by atoms with van der Waals surface area (Å²) in [4.78, 5) is 0.462. The summed E-state index contributed by atoms with van der Waals surface area (Å²) in [5.41, 5.74) is 0.368. The van der Waals surface area contributed by atoms with Crippen LogP contribution >= 0.6 is 12.2 Å². The summed E-state index contributed by atoms with van der Waals surface area (Å²) < 4.78 is 31.2. The van der Waals surface area contributed by atoms with Gasteiger partial charge in [-0.3, -0.25) is 0 Å². The molecule has 1 aromatic carbocycles. The molecule has 1 N–H and O–H groups in total. The molecule has 0 bridgehead atoms. The highest BCUT2D eigenvalue weighted by Gasteiger charge is 2.25. The maximum Gasteiger partial charge on any atom is 0.202 e. The zero-order valence-corrected chi connectivity index (χ0v) is 8.12. The third kappa shape index (κ3) is 1.33. The summed E-state index contributed by atoms with van der Waals surface area (Å²) in [5.74, 6) is -2.01. The van der Waals surface area contributed by atoms with E-state index in [2.05, 4.69) is 5.32 Å². The van der Waals surface area contributed by atoms with Crippen molar-refractivity contribution in [3.63, 3.8) is 0 Å². The van der Waals surface area contributed by atoms with Crippen molar-refractivity contribution in [1.82, 2.24) is 0 Å². The van der Waals surface area contributed by atoms with Crippen molar-refractivity contribution in [2.45, 2.75) is 13.0 Å². The van der Waals surface area contributed by atoms with Gasteiger partial charge in [0.05, 0.1) is 5.69 Å². The second-order valence-electron chi connectivity index (χ2n) is 2.99. The third-order valence-corrected chi connectivity index (χ3v) is 2.41. The lowest BCUT2D eigenvalue weighted by Gasteiger charge is -2.25. The molecule has 0 saturated heterocycles. The first-order valence-corrected chi connectivity index (χ1v) is 4.46. The van der Waals surface area contributed by atoms with Crippen LogP contribution in [0.1, 0.15) is 6.92 Å². The zero-order valence-electron chi connectivity index (χ0n) is 7.30.